The number of amides is 1. The number of H-pyrrole nitrogens is 1. The Labute approximate surface area is 180 Å². The number of nitrogens with one attached hydrogen (secondary N) is 2. The SMILES string of the molecule is CCN(C(=O)c1cc2ncccc2[nH]1)C1CCCC(NCc2ccc3ocnc3c2)C1. The van der Waals surface area contributed by atoms with Crippen molar-refractivity contribution >= 4 is 28.0 Å². The van der Waals surface area contributed by atoms with Gasteiger partial charge in [0, 0.05) is 31.4 Å². The van der Waals surface area contributed by atoms with Gasteiger partial charge < -0.3 is 19.6 Å². The second-order valence-electron chi connectivity index (χ2n) is 8.26. The van der Waals surface area contributed by atoms with Crippen LogP contribution in [0.4, 0.5) is 0 Å². The predicted molar refractivity (Wildman–Crippen MR) is 120 cm³/mol. The first-order chi connectivity index (χ1) is 15.2. The minimum absolute atomic E-state index is 0.0580. The van der Waals surface area contributed by atoms with Crippen molar-refractivity contribution in [3.63, 3.8) is 0 Å². The molecule has 5 rings (SSSR count). The van der Waals surface area contributed by atoms with E-state index >= 15 is 0 Å². The van der Waals surface area contributed by atoms with Crippen molar-refractivity contribution in [2.45, 2.75) is 51.2 Å². The number of oxazole rings is 1. The van der Waals surface area contributed by atoms with Crippen LogP contribution < -0.4 is 5.32 Å². The summed E-state index contributed by atoms with van der Waals surface area (Å²) >= 11 is 0. The Morgan fingerprint density at radius 2 is 2.16 bits per heavy atom. The lowest BCUT2D eigenvalue weighted by atomic mass is 9.89. The number of carbonyl (C=O) groups excluding carboxylic acids is 1. The number of hydrogen-bond acceptors (Lipinski definition) is 5. The summed E-state index contributed by atoms with van der Waals surface area (Å²) < 4.78 is 5.32. The molecule has 0 aliphatic heterocycles. The fourth-order valence-corrected chi connectivity index (χ4v) is 4.70. The van der Waals surface area contributed by atoms with Crippen LogP contribution in [0.3, 0.4) is 0 Å². The van der Waals surface area contributed by atoms with Crippen molar-refractivity contribution in [1.82, 2.24) is 25.2 Å². The van der Waals surface area contributed by atoms with Gasteiger partial charge in [0.1, 0.15) is 11.2 Å². The van der Waals surface area contributed by atoms with Crippen molar-refractivity contribution in [2.75, 3.05) is 6.54 Å². The van der Waals surface area contributed by atoms with Gasteiger partial charge >= 0.3 is 0 Å². The van der Waals surface area contributed by atoms with Gasteiger partial charge in [-0.2, -0.15) is 0 Å². The number of benzene rings is 1. The van der Waals surface area contributed by atoms with E-state index in [4.69, 9.17) is 4.42 Å². The van der Waals surface area contributed by atoms with Crippen LogP contribution in [-0.2, 0) is 6.54 Å². The molecule has 2 unspecified atom stereocenters. The molecule has 1 fully saturated rings. The third-order valence-electron chi connectivity index (χ3n) is 6.30. The standard InChI is InChI=1S/C24H27N5O2/c1-2-29(24(30)22-13-20-19(28-22)7-4-10-25-20)18-6-3-5-17(12-18)26-14-16-8-9-23-21(11-16)27-15-31-23/h4,7-11,13,15,17-18,26,28H,2-3,5-6,12,14H2,1H3. The number of aromatic amines is 1. The van der Waals surface area contributed by atoms with Gasteiger partial charge in [0.2, 0.25) is 0 Å². The van der Waals surface area contributed by atoms with Crippen LogP contribution in [0, 0.1) is 0 Å². The molecular formula is C24H27N5O2. The molecule has 1 amide bonds. The Morgan fingerprint density at radius 3 is 3.03 bits per heavy atom. The average molecular weight is 418 g/mol. The monoisotopic (exact) mass is 417 g/mol. The lowest BCUT2D eigenvalue weighted by Crippen LogP contribution is -2.46. The molecular weight excluding hydrogens is 390 g/mol. The highest BCUT2D eigenvalue weighted by Gasteiger charge is 2.30. The van der Waals surface area contributed by atoms with Gasteiger partial charge in [-0.25, -0.2) is 4.98 Å². The van der Waals surface area contributed by atoms with E-state index in [1.807, 2.05) is 29.2 Å². The van der Waals surface area contributed by atoms with E-state index in [-0.39, 0.29) is 11.9 Å². The minimum atomic E-state index is 0.0580. The lowest BCUT2D eigenvalue weighted by Gasteiger charge is -2.37. The van der Waals surface area contributed by atoms with E-state index < -0.39 is 0 Å². The molecule has 31 heavy (non-hydrogen) atoms. The largest absolute Gasteiger partial charge is 0.443 e. The van der Waals surface area contributed by atoms with E-state index in [9.17, 15) is 4.79 Å². The molecule has 0 bridgehead atoms. The fourth-order valence-electron chi connectivity index (χ4n) is 4.70. The Morgan fingerprint density at radius 1 is 1.23 bits per heavy atom. The maximum atomic E-state index is 13.3. The highest BCUT2D eigenvalue weighted by atomic mass is 16.3. The Kier molecular flexibility index (Phi) is 5.42. The second-order valence-corrected chi connectivity index (χ2v) is 8.26. The van der Waals surface area contributed by atoms with Gasteiger partial charge in [-0.1, -0.05) is 6.07 Å². The lowest BCUT2D eigenvalue weighted by molar-refractivity contribution is 0.0623. The predicted octanol–water partition coefficient (Wildman–Crippen LogP) is 4.27. The molecule has 2 atom stereocenters. The molecule has 1 aliphatic rings. The van der Waals surface area contributed by atoms with Gasteiger partial charge in [0.05, 0.1) is 11.0 Å². The molecule has 0 radical (unpaired) electrons. The molecule has 1 saturated carbocycles. The molecule has 3 aromatic heterocycles. The summed E-state index contributed by atoms with van der Waals surface area (Å²) in [6.45, 7) is 3.54. The van der Waals surface area contributed by atoms with Crippen LogP contribution in [0.5, 0.6) is 0 Å². The number of hydrogen-bond donors (Lipinski definition) is 2. The normalized spacial score (nSPS) is 19.1. The van der Waals surface area contributed by atoms with Gasteiger partial charge in [0.25, 0.3) is 5.91 Å². The number of nitrogens with zero attached hydrogens (tertiary/aromatic N) is 3. The maximum Gasteiger partial charge on any atom is 0.270 e. The molecule has 1 aromatic carbocycles. The van der Waals surface area contributed by atoms with Gasteiger partial charge in [-0.3, -0.25) is 9.78 Å². The zero-order chi connectivity index (χ0) is 21.2. The van der Waals surface area contributed by atoms with Crippen LogP contribution >= 0.6 is 0 Å². The summed E-state index contributed by atoms with van der Waals surface area (Å²) in [7, 11) is 0. The first kappa shape index (κ1) is 19.8. The molecule has 7 nitrogen and oxygen atoms in total. The third-order valence-corrected chi connectivity index (χ3v) is 6.30. The highest BCUT2D eigenvalue weighted by Crippen LogP contribution is 2.26. The third kappa shape index (κ3) is 4.05. The number of rotatable bonds is 6. The first-order valence-corrected chi connectivity index (χ1v) is 11.0. The second kappa shape index (κ2) is 8.51. The fraction of sp³-hybridized carbons (Fsp3) is 0.375. The van der Waals surface area contributed by atoms with Gasteiger partial charge in [-0.15, -0.1) is 0 Å². The molecule has 0 saturated heterocycles. The summed E-state index contributed by atoms with van der Waals surface area (Å²) in [5, 5.41) is 3.69. The van der Waals surface area contributed by atoms with E-state index in [2.05, 4.69) is 39.3 Å². The Balaban J connectivity index is 1.25. The molecule has 0 spiro atoms. The maximum absolute atomic E-state index is 13.3. The Bertz CT molecular complexity index is 1160. The molecule has 4 aromatic rings. The number of aromatic nitrogens is 3. The molecule has 160 valence electrons. The molecule has 3 heterocycles. The zero-order valence-electron chi connectivity index (χ0n) is 17.7. The summed E-state index contributed by atoms with van der Waals surface area (Å²) in [6, 6.07) is 12.4. The van der Waals surface area contributed by atoms with Crippen molar-refractivity contribution in [3.8, 4) is 0 Å². The average Bonchev–Trinajstić information content (AvgIpc) is 3.45. The van der Waals surface area contributed by atoms with E-state index in [1.165, 1.54) is 12.0 Å². The van der Waals surface area contributed by atoms with Crippen LogP contribution in [0.25, 0.3) is 22.1 Å². The van der Waals surface area contributed by atoms with E-state index in [0.717, 1.165) is 54.4 Å². The number of fused-ring (bicyclic) bond motifs is 2. The van der Waals surface area contributed by atoms with Crippen molar-refractivity contribution in [3.05, 3.63) is 60.2 Å². The number of pyridine rings is 1. The van der Waals surface area contributed by atoms with Crippen LogP contribution in [0.2, 0.25) is 0 Å². The quantitative estimate of drug-likeness (QED) is 0.489. The smallest absolute Gasteiger partial charge is 0.270 e. The summed E-state index contributed by atoms with van der Waals surface area (Å²) in [5.74, 6) is 0.0580. The zero-order valence-corrected chi connectivity index (χ0v) is 17.7. The summed E-state index contributed by atoms with van der Waals surface area (Å²) in [6.07, 6.45) is 7.48. The number of carbonyl (C=O) groups is 1. The van der Waals surface area contributed by atoms with Gasteiger partial charge in [0.15, 0.2) is 12.0 Å². The van der Waals surface area contributed by atoms with Crippen LogP contribution in [-0.4, -0.2) is 44.4 Å². The van der Waals surface area contributed by atoms with E-state index in [1.54, 1.807) is 6.20 Å². The van der Waals surface area contributed by atoms with Crippen molar-refractivity contribution in [1.29, 1.82) is 0 Å². The topological polar surface area (TPSA) is 87.0 Å². The van der Waals surface area contributed by atoms with Crippen molar-refractivity contribution in [2.24, 2.45) is 0 Å². The Hall–Kier alpha value is -3.19. The summed E-state index contributed by atoms with van der Waals surface area (Å²) in [4.78, 5) is 27.1. The minimum Gasteiger partial charge on any atom is -0.443 e. The summed E-state index contributed by atoms with van der Waals surface area (Å²) in [5.41, 5.74) is 5.23. The molecule has 7 heteroatoms. The van der Waals surface area contributed by atoms with E-state index in [0.29, 0.717) is 18.3 Å². The van der Waals surface area contributed by atoms with Gasteiger partial charge in [-0.05, 0) is 68.5 Å². The van der Waals surface area contributed by atoms with Crippen molar-refractivity contribution < 1.29 is 9.21 Å². The first-order valence-electron chi connectivity index (χ1n) is 11.0. The van der Waals surface area contributed by atoms with Crippen LogP contribution in [0.1, 0.15) is 48.7 Å². The molecule has 2 N–H and O–H groups in total. The molecule has 1 aliphatic carbocycles. The van der Waals surface area contributed by atoms with Crippen LogP contribution in [0.15, 0.2) is 53.4 Å². The highest BCUT2D eigenvalue weighted by molar-refractivity contribution is 5.97.